The first-order valence-corrected chi connectivity index (χ1v) is 33.4. The highest BCUT2D eigenvalue weighted by Gasteiger charge is 2.16. The standard InChI is InChI=1S/C73H126O5/c1-3-5-7-9-11-13-15-17-19-21-23-25-27-29-30-31-32-33-34-35-36-37-38-39-40-41-42-44-46-48-50-52-54-56-58-60-62-64-66-68-73(76)78-71(69-74)70-77-72(75)67-65-63-61-59-57-55-53-51-49-47-45-43-28-26-24-22-20-18-16-14-12-10-8-6-4-2/h5,7,11,13,17,19,23,25,29-30,32-33,35-36,38-39,41-42,71,74H,3-4,6,8-10,12,14-16,18,20-22,24,26-28,31,34,37,40,43-70H2,1-2H3/b7-5-,13-11-,19-17-,25-23-,30-29-,33-32-,36-35-,39-38-,42-41-. The molecule has 78 heavy (non-hydrogen) atoms. The van der Waals surface area contributed by atoms with Crippen molar-refractivity contribution in [3.63, 3.8) is 0 Å². The number of unbranched alkanes of at least 4 members (excludes halogenated alkanes) is 35. The zero-order valence-electron chi connectivity index (χ0n) is 51.4. The van der Waals surface area contributed by atoms with Gasteiger partial charge in [-0.25, -0.2) is 0 Å². The Kier molecular flexibility index (Phi) is 64.8. The first-order chi connectivity index (χ1) is 38.6. The Morgan fingerprint density at radius 3 is 0.833 bits per heavy atom. The van der Waals surface area contributed by atoms with E-state index >= 15 is 0 Å². The van der Waals surface area contributed by atoms with Crippen molar-refractivity contribution >= 4 is 11.9 Å². The van der Waals surface area contributed by atoms with Gasteiger partial charge in [0.25, 0.3) is 0 Å². The third-order valence-corrected chi connectivity index (χ3v) is 14.6. The number of aliphatic hydroxyl groups is 1. The maximum absolute atomic E-state index is 12.4. The van der Waals surface area contributed by atoms with Crippen LogP contribution in [-0.4, -0.2) is 36.4 Å². The van der Waals surface area contributed by atoms with E-state index in [1.54, 1.807) is 0 Å². The molecule has 0 fully saturated rings. The average Bonchev–Trinajstić information content (AvgIpc) is 3.44. The van der Waals surface area contributed by atoms with Crippen molar-refractivity contribution in [2.45, 2.75) is 328 Å². The van der Waals surface area contributed by atoms with Crippen LogP contribution in [0.2, 0.25) is 0 Å². The van der Waals surface area contributed by atoms with E-state index < -0.39 is 6.10 Å². The van der Waals surface area contributed by atoms with E-state index in [2.05, 4.69) is 123 Å². The predicted molar refractivity (Wildman–Crippen MR) is 343 cm³/mol. The van der Waals surface area contributed by atoms with Gasteiger partial charge in [-0.1, -0.05) is 335 Å². The van der Waals surface area contributed by atoms with Gasteiger partial charge >= 0.3 is 11.9 Å². The average molecular weight is 1080 g/mol. The summed E-state index contributed by atoms with van der Waals surface area (Å²) in [6.07, 6.45) is 98.1. The predicted octanol–water partition coefficient (Wildman–Crippen LogP) is 23.2. The molecule has 0 aliphatic heterocycles. The van der Waals surface area contributed by atoms with Crippen molar-refractivity contribution in [1.82, 2.24) is 0 Å². The minimum absolute atomic E-state index is 0.0673. The molecule has 0 amide bonds. The third kappa shape index (κ3) is 65.1. The quantitative estimate of drug-likeness (QED) is 0.0373. The van der Waals surface area contributed by atoms with Crippen LogP contribution in [0.3, 0.4) is 0 Å². The maximum atomic E-state index is 12.4. The molecule has 1 N–H and O–H groups in total. The van der Waals surface area contributed by atoms with Crippen LogP contribution in [0.5, 0.6) is 0 Å². The first-order valence-electron chi connectivity index (χ1n) is 33.4. The number of allylic oxidation sites excluding steroid dienone is 18. The molecule has 0 saturated heterocycles. The summed E-state index contributed by atoms with van der Waals surface area (Å²) in [6, 6.07) is 0. The number of esters is 2. The molecule has 5 nitrogen and oxygen atoms in total. The Labute approximate surface area is 484 Å². The van der Waals surface area contributed by atoms with Crippen LogP contribution in [0, 0.1) is 0 Å². The van der Waals surface area contributed by atoms with Crippen LogP contribution < -0.4 is 0 Å². The van der Waals surface area contributed by atoms with E-state index in [9.17, 15) is 14.7 Å². The fourth-order valence-corrected chi connectivity index (χ4v) is 9.61. The molecule has 0 aliphatic rings. The summed E-state index contributed by atoms with van der Waals surface area (Å²) in [4.78, 5) is 24.6. The minimum atomic E-state index is -0.779. The normalized spacial score (nSPS) is 12.9. The topological polar surface area (TPSA) is 72.8 Å². The molecule has 0 aromatic carbocycles. The monoisotopic (exact) mass is 1080 g/mol. The summed E-state index contributed by atoms with van der Waals surface area (Å²) < 4.78 is 10.7. The second-order valence-corrected chi connectivity index (χ2v) is 22.2. The number of rotatable bonds is 61. The fraction of sp³-hybridized carbons (Fsp3) is 0.726. The number of carbonyl (C=O) groups excluding carboxylic acids is 2. The van der Waals surface area contributed by atoms with Gasteiger partial charge in [-0.05, 0) is 83.5 Å². The molecule has 0 spiro atoms. The number of hydrogen-bond donors (Lipinski definition) is 1. The van der Waals surface area contributed by atoms with Crippen molar-refractivity contribution in [3.8, 4) is 0 Å². The molecule has 0 aliphatic carbocycles. The van der Waals surface area contributed by atoms with E-state index in [-0.39, 0.29) is 25.2 Å². The Bertz CT molecular complexity index is 1510. The summed E-state index contributed by atoms with van der Waals surface area (Å²) in [7, 11) is 0. The molecular weight excluding hydrogens is 957 g/mol. The van der Waals surface area contributed by atoms with Gasteiger partial charge in [0, 0.05) is 12.8 Å². The molecule has 0 heterocycles. The summed E-state index contributed by atoms with van der Waals surface area (Å²) in [6.45, 7) is 4.06. The summed E-state index contributed by atoms with van der Waals surface area (Å²) in [5.41, 5.74) is 0. The van der Waals surface area contributed by atoms with Crippen LogP contribution in [0.25, 0.3) is 0 Å². The Morgan fingerprint density at radius 2 is 0.551 bits per heavy atom. The SMILES string of the molecule is CC/C=C\C/C=C\C/C=C\C/C=C\C/C=C\C/C=C\C/C=C\C/C=C\C/C=C\CCCCCCCCCCCCCC(=O)OC(CO)COC(=O)CCCCCCCCCCCCCCCCCCCCCCCCCCC. The highest BCUT2D eigenvalue weighted by atomic mass is 16.6. The second kappa shape index (κ2) is 67.8. The van der Waals surface area contributed by atoms with Gasteiger partial charge in [-0.3, -0.25) is 9.59 Å². The van der Waals surface area contributed by atoms with E-state index in [1.807, 2.05) is 0 Å². The molecule has 0 aromatic heterocycles. The van der Waals surface area contributed by atoms with E-state index in [0.29, 0.717) is 12.8 Å². The number of hydrogen-bond acceptors (Lipinski definition) is 5. The number of ether oxygens (including phenoxy) is 2. The van der Waals surface area contributed by atoms with Gasteiger partial charge in [-0.2, -0.15) is 0 Å². The van der Waals surface area contributed by atoms with Crippen molar-refractivity contribution in [1.29, 1.82) is 0 Å². The van der Waals surface area contributed by atoms with Crippen LogP contribution in [-0.2, 0) is 19.1 Å². The van der Waals surface area contributed by atoms with Crippen molar-refractivity contribution in [2.75, 3.05) is 13.2 Å². The zero-order chi connectivity index (χ0) is 56.2. The van der Waals surface area contributed by atoms with Gasteiger partial charge in [-0.15, -0.1) is 0 Å². The highest BCUT2D eigenvalue weighted by Crippen LogP contribution is 2.17. The van der Waals surface area contributed by atoms with E-state index in [1.165, 1.54) is 199 Å². The lowest BCUT2D eigenvalue weighted by molar-refractivity contribution is -0.161. The van der Waals surface area contributed by atoms with Crippen LogP contribution in [0.1, 0.15) is 322 Å². The molecule has 5 heteroatoms. The van der Waals surface area contributed by atoms with Gasteiger partial charge in [0.2, 0.25) is 0 Å². The van der Waals surface area contributed by atoms with Crippen molar-refractivity contribution < 1.29 is 24.2 Å². The van der Waals surface area contributed by atoms with E-state index in [0.717, 1.165) is 96.3 Å². The lowest BCUT2D eigenvalue weighted by Crippen LogP contribution is -2.28. The van der Waals surface area contributed by atoms with Gasteiger partial charge < -0.3 is 14.6 Å². The maximum Gasteiger partial charge on any atom is 0.306 e. The Balaban J connectivity index is 3.51. The largest absolute Gasteiger partial charge is 0.462 e. The van der Waals surface area contributed by atoms with Gasteiger partial charge in [0.15, 0.2) is 6.10 Å². The third-order valence-electron chi connectivity index (χ3n) is 14.6. The van der Waals surface area contributed by atoms with Crippen LogP contribution >= 0.6 is 0 Å². The summed E-state index contributed by atoms with van der Waals surface area (Å²) >= 11 is 0. The van der Waals surface area contributed by atoms with Crippen molar-refractivity contribution in [3.05, 3.63) is 109 Å². The summed E-state index contributed by atoms with van der Waals surface area (Å²) in [5, 5.41) is 9.69. The molecule has 1 unspecified atom stereocenters. The second-order valence-electron chi connectivity index (χ2n) is 22.2. The molecule has 0 radical (unpaired) electrons. The minimum Gasteiger partial charge on any atom is -0.462 e. The van der Waals surface area contributed by atoms with Crippen molar-refractivity contribution in [2.24, 2.45) is 0 Å². The molecule has 1 atom stereocenters. The van der Waals surface area contributed by atoms with E-state index in [4.69, 9.17) is 9.47 Å². The Morgan fingerprint density at radius 1 is 0.308 bits per heavy atom. The molecule has 448 valence electrons. The molecular formula is C73H126O5. The molecule has 0 bridgehead atoms. The lowest BCUT2D eigenvalue weighted by Gasteiger charge is -2.15. The van der Waals surface area contributed by atoms with Crippen LogP contribution in [0.4, 0.5) is 0 Å². The fourth-order valence-electron chi connectivity index (χ4n) is 9.61. The Hall–Kier alpha value is -3.44. The first kappa shape index (κ1) is 74.6. The van der Waals surface area contributed by atoms with Gasteiger partial charge in [0.1, 0.15) is 6.61 Å². The van der Waals surface area contributed by atoms with Crippen LogP contribution in [0.15, 0.2) is 109 Å². The molecule has 0 rings (SSSR count). The molecule has 0 aromatic rings. The summed E-state index contributed by atoms with van der Waals surface area (Å²) in [5.74, 6) is -0.584. The number of aliphatic hydroxyl groups excluding tert-OH is 1. The smallest absolute Gasteiger partial charge is 0.306 e. The lowest BCUT2D eigenvalue weighted by atomic mass is 10.0. The van der Waals surface area contributed by atoms with Gasteiger partial charge in [0.05, 0.1) is 6.61 Å². The zero-order valence-corrected chi connectivity index (χ0v) is 51.4. The molecule has 0 saturated carbocycles. The highest BCUT2D eigenvalue weighted by molar-refractivity contribution is 5.70. The number of carbonyl (C=O) groups is 2.